The minimum atomic E-state index is -0.0195. The van der Waals surface area contributed by atoms with Crippen LogP contribution in [0.2, 0.25) is 0 Å². The van der Waals surface area contributed by atoms with E-state index < -0.39 is 0 Å². The normalized spacial score (nSPS) is 18.4. The van der Waals surface area contributed by atoms with Gasteiger partial charge in [0.1, 0.15) is 5.01 Å². The molecule has 0 bridgehead atoms. The van der Waals surface area contributed by atoms with Crippen LogP contribution in [0.15, 0.2) is 35.8 Å². The second-order valence-electron chi connectivity index (χ2n) is 5.28. The molecule has 110 valence electrons. The number of benzene rings is 1. The van der Waals surface area contributed by atoms with Gasteiger partial charge >= 0.3 is 0 Å². The van der Waals surface area contributed by atoms with Gasteiger partial charge in [0, 0.05) is 23.8 Å². The molecule has 1 aliphatic rings. The van der Waals surface area contributed by atoms with Gasteiger partial charge in [0.2, 0.25) is 5.91 Å². The van der Waals surface area contributed by atoms with Crippen LogP contribution in [0.3, 0.4) is 0 Å². The van der Waals surface area contributed by atoms with Crippen LogP contribution in [0.25, 0.3) is 0 Å². The number of nitrogens with one attached hydrogen (secondary N) is 2. The Hall–Kier alpha value is -1.88. The molecule has 2 aromatic rings. The number of aromatic nitrogens is 1. The molecule has 2 N–H and O–H groups in total. The molecule has 5 heteroatoms. The number of nitrogens with zero attached hydrogens (tertiary/aromatic N) is 1. The molecule has 0 aliphatic carbocycles. The Balaban J connectivity index is 1.66. The third-order valence-corrected chi connectivity index (χ3v) is 4.76. The van der Waals surface area contributed by atoms with Gasteiger partial charge in [0.25, 0.3) is 0 Å². The summed E-state index contributed by atoms with van der Waals surface area (Å²) in [5.74, 6) is 0.0907. The fourth-order valence-electron chi connectivity index (χ4n) is 2.66. The Morgan fingerprint density at radius 2 is 2.38 bits per heavy atom. The second-order valence-corrected chi connectivity index (χ2v) is 6.21. The van der Waals surface area contributed by atoms with E-state index in [1.807, 2.05) is 17.5 Å². The van der Waals surface area contributed by atoms with Gasteiger partial charge in [-0.1, -0.05) is 25.1 Å². The summed E-state index contributed by atoms with van der Waals surface area (Å²) in [6.07, 6.45) is 3.44. The van der Waals surface area contributed by atoms with Gasteiger partial charge in [-0.2, -0.15) is 0 Å². The summed E-state index contributed by atoms with van der Waals surface area (Å²) in [6, 6.07) is 8.20. The van der Waals surface area contributed by atoms with Gasteiger partial charge in [0.05, 0.1) is 12.0 Å². The average Bonchev–Trinajstić information content (AvgIpc) is 3.06. The zero-order chi connectivity index (χ0) is 14.7. The molecule has 1 aromatic heterocycles. The molecule has 0 radical (unpaired) electrons. The number of carbonyl (C=O) groups excluding carboxylic acids is 1. The van der Waals surface area contributed by atoms with Crippen LogP contribution >= 0.6 is 11.3 Å². The number of hydrogen-bond acceptors (Lipinski definition) is 4. The van der Waals surface area contributed by atoms with Crippen LogP contribution < -0.4 is 10.6 Å². The molecular weight excluding hydrogens is 282 g/mol. The fraction of sp³-hybridized carbons (Fsp3) is 0.375. The summed E-state index contributed by atoms with van der Waals surface area (Å²) in [5, 5.41) is 9.41. The first-order valence-electron chi connectivity index (χ1n) is 7.29. The van der Waals surface area contributed by atoms with Crippen molar-refractivity contribution in [3.63, 3.8) is 0 Å². The van der Waals surface area contributed by atoms with E-state index in [0.717, 1.165) is 23.5 Å². The van der Waals surface area contributed by atoms with E-state index in [9.17, 15) is 4.79 Å². The van der Waals surface area contributed by atoms with E-state index in [1.165, 1.54) is 5.56 Å². The minimum Gasteiger partial charge on any atom is -0.384 e. The first-order valence-corrected chi connectivity index (χ1v) is 8.17. The topological polar surface area (TPSA) is 54.0 Å². The van der Waals surface area contributed by atoms with Crippen LogP contribution in [0.5, 0.6) is 0 Å². The third-order valence-electron chi connectivity index (χ3n) is 3.87. The first kappa shape index (κ1) is 14.1. The molecule has 0 saturated heterocycles. The highest BCUT2D eigenvalue weighted by Gasteiger charge is 2.26. The molecule has 1 aliphatic heterocycles. The van der Waals surface area contributed by atoms with Crippen molar-refractivity contribution >= 4 is 22.9 Å². The lowest BCUT2D eigenvalue weighted by molar-refractivity contribution is -0.125. The molecule has 2 heterocycles. The van der Waals surface area contributed by atoms with E-state index in [-0.39, 0.29) is 17.9 Å². The van der Waals surface area contributed by atoms with Crippen molar-refractivity contribution in [2.45, 2.75) is 25.8 Å². The standard InChI is InChI=1S/C16H19N3OS/c1-2-13(16-17-7-8-21-16)19-15(20)12-9-11-5-3-4-6-14(11)18-10-12/h3-8,12-13,18H,2,9-10H2,1H3,(H,19,20). The lowest BCUT2D eigenvalue weighted by Crippen LogP contribution is -2.39. The maximum Gasteiger partial charge on any atom is 0.225 e. The van der Waals surface area contributed by atoms with Crippen molar-refractivity contribution < 1.29 is 4.79 Å². The van der Waals surface area contributed by atoms with Gasteiger partial charge in [-0.3, -0.25) is 4.79 Å². The second kappa shape index (κ2) is 6.26. The molecule has 0 fully saturated rings. The molecule has 2 unspecified atom stereocenters. The maximum absolute atomic E-state index is 12.5. The number of rotatable bonds is 4. The number of carbonyl (C=O) groups is 1. The van der Waals surface area contributed by atoms with Gasteiger partial charge in [-0.05, 0) is 24.5 Å². The number of anilines is 1. The Morgan fingerprint density at radius 1 is 1.52 bits per heavy atom. The number of fused-ring (bicyclic) bond motifs is 1. The Kier molecular flexibility index (Phi) is 4.20. The molecular formula is C16H19N3OS. The Labute approximate surface area is 128 Å². The predicted molar refractivity (Wildman–Crippen MR) is 85.4 cm³/mol. The molecule has 1 amide bonds. The quantitative estimate of drug-likeness (QED) is 0.913. The average molecular weight is 301 g/mol. The van der Waals surface area contributed by atoms with Crippen LogP contribution in [0.1, 0.15) is 30.0 Å². The maximum atomic E-state index is 12.5. The number of para-hydroxylation sites is 1. The monoisotopic (exact) mass is 301 g/mol. The van der Waals surface area contributed by atoms with E-state index >= 15 is 0 Å². The molecule has 2 atom stereocenters. The Bertz CT molecular complexity index is 612. The summed E-state index contributed by atoms with van der Waals surface area (Å²) in [6.45, 7) is 2.76. The van der Waals surface area contributed by atoms with E-state index in [1.54, 1.807) is 17.5 Å². The first-order chi connectivity index (χ1) is 10.3. The number of thiazole rings is 1. The van der Waals surface area contributed by atoms with Gasteiger partial charge in [-0.15, -0.1) is 11.3 Å². The Morgan fingerprint density at radius 3 is 3.14 bits per heavy atom. The smallest absolute Gasteiger partial charge is 0.225 e. The van der Waals surface area contributed by atoms with Crippen molar-refractivity contribution in [3.8, 4) is 0 Å². The van der Waals surface area contributed by atoms with Gasteiger partial charge in [0.15, 0.2) is 0 Å². The minimum absolute atomic E-state index is 0.0195. The lowest BCUT2D eigenvalue weighted by Gasteiger charge is -2.26. The fourth-order valence-corrected chi connectivity index (χ4v) is 3.43. The molecule has 21 heavy (non-hydrogen) atoms. The highest BCUT2D eigenvalue weighted by atomic mass is 32.1. The summed E-state index contributed by atoms with van der Waals surface area (Å²) in [7, 11) is 0. The summed E-state index contributed by atoms with van der Waals surface area (Å²) >= 11 is 1.59. The summed E-state index contributed by atoms with van der Waals surface area (Å²) < 4.78 is 0. The van der Waals surface area contributed by atoms with Crippen LogP contribution in [0, 0.1) is 5.92 Å². The van der Waals surface area contributed by atoms with Crippen LogP contribution in [-0.2, 0) is 11.2 Å². The predicted octanol–water partition coefficient (Wildman–Crippen LogP) is 2.99. The number of amides is 1. The third kappa shape index (κ3) is 3.08. The molecule has 3 rings (SSSR count). The molecule has 1 aromatic carbocycles. The molecule has 0 saturated carbocycles. The number of hydrogen-bond donors (Lipinski definition) is 2. The van der Waals surface area contributed by atoms with Crippen molar-refractivity contribution in [1.29, 1.82) is 0 Å². The lowest BCUT2D eigenvalue weighted by atomic mass is 9.93. The van der Waals surface area contributed by atoms with Crippen molar-refractivity contribution in [2.75, 3.05) is 11.9 Å². The van der Waals surface area contributed by atoms with Crippen molar-refractivity contribution in [3.05, 3.63) is 46.4 Å². The van der Waals surface area contributed by atoms with Crippen LogP contribution in [-0.4, -0.2) is 17.4 Å². The largest absolute Gasteiger partial charge is 0.384 e. The zero-order valence-electron chi connectivity index (χ0n) is 12.0. The van der Waals surface area contributed by atoms with E-state index in [0.29, 0.717) is 6.54 Å². The summed E-state index contributed by atoms with van der Waals surface area (Å²) in [5.41, 5.74) is 2.36. The zero-order valence-corrected chi connectivity index (χ0v) is 12.8. The molecule has 4 nitrogen and oxygen atoms in total. The van der Waals surface area contributed by atoms with Crippen molar-refractivity contribution in [2.24, 2.45) is 5.92 Å². The SMILES string of the molecule is CCC(NC(=O)C1CNc2ccccc2C1)c1nccs1. The molecule has 0 spiro atoms. The highest BCUT2D eigenvalue weighted by molar-refractivity contribution is 7.09. The highest BCUT2D eigenvalue weighted by Crippen LogP contribution is 2.25. The van der Waals surface area contributed by atoms with Crippen LogP contribution in [0.4, 0.5) is 5.69 Å². The van der Waals surface area contributed by atoms with Gasteiger partial charge < -0.3 is 10.6 Å². The van der Waals surface area contributed by atoms with E-state index in [4.69, 9.17) is 0 Å². The summed E-state index contributed by atoms with van der Waals surface area (Å²) in [4.78, 5) is 16.8. The van der Waals surface area contributed by atoms with E-state index in [2.05, 4.69) is 34.7 Å². The van der Waals surface area contributed by atoms with Crippen molar-refractivity contribution in [1.82, 2.24) is 10.3 Å². The van der Waals surface area contributed by atoms with Gasteiger partial charge in [-0.25, -0.2) is 4.98 Å².